The van der Waals surface area contributed by atoms with E-state index in [0.717, 1.165) is 5.76 Å². The topological polar surface area (TPSA) is 62.5 Å². The Morgan fingerprint density at radius 1 is 1.30 bits per heavy atom. The molecule has 5 nitrogen and oxygen atoms in total. The second-order valence-corrected chi connectivity index (χ2v) is 7.79. The predicted molar refractivity (Wildman–Crippen MR) is 101 cm³/mol. The summed E-state index contributed by atoms with van der Waals surface area (Å²) in [4.78, 5) is 8.75. The first-order valence-electron chi connectivity index (χ1n) is 9.23. The zero-order valence-electron chi connectivity index (χ0n) is 16.1. The number of rotatable bonds is 5. The van der Waals surface area contributed by atoms with Crippen molar-refractivity contribution in [1.29, 1.82) is 0 Å². The number of aromatic nitrogens is 1. The van der Waals surface area contributed by atoms with E-state index in [0.29, 0.717) is 24.8 Å². The van der Waals surface area contributed by atoms with Gasteiger partial charge in [0.1, 0.15) is 23.9 Å². The van der Waals surface area contributed by atoms with Crippen LogP contribution in [0.25, 0.3) is 0 Å². The van der Waals surface area contributed by atoms with E-state index in [9.17, 15) is 8.78 Å². The van der Waals surface area contributed by atoms with Gasteiger partial charge in [-0.3, -0.25) is 0 Å². The summed E-state index contributed by atoms with van der Waals surface area (Å²) in [6, 6.07) is 3.92. The fourth-order valence-corrected chi connectivity index (χ4v) is 2.91. The molecule has 1 aliphatic carbocycles. The summed E-state index contributed by atoms with van der Waals surface area (Å²) >= 11 is 0. The lowest BCUT2D eigenvalue weighted by Crippen LogP contribution is -2.39. The first-order valence-corrected chi connectivity index (χ1v) is 9.23. The summed E-state index contributed by atoms with van der Waals surface area (Å²) < 4.78 is 33.6. The van der Waals surface area contributed by atoms with E-state index in [4.69, 9.17) is 4.42 Å². The molecule has 0 radical (unpaired) electrons. The van der Waals surface area contributed by atoms with Crippen LogP contribution in [0.5, 0.6) is 0 Å². The standard InChI is InChI=1S/C20H26F2N4O/c1-5-23-19(25-11-17-24-10-16(27-17)20(2,3)4)26-15-9-12(15)18-13(21)7-6-8-14(18)22/h6-8,10,12,15H,5,9,11H2,1-4H3,(H2,23,25,26). The Morgan fingerprint density at radius 2 is 2.00 bits per heavy atom. The molecule has 2 unspecified atom stereocenters. The van der Waals surface area contributed by atoms with Crippen LogP contribution in [0.4, 0.5) is 8.78 Å². The van der Waals surface area contributed by atoms with Crippen LogP contribution in [-0.4, -0.2) is 23.5 Å². The zero-order valence-corrected chi connectivity index (χ0v) is 16.1. The van der Waals surface area contributed by atoms with Crippen LogP contribution in [0, 0.1) is 11.6 Å². The molecule has 146 valence electrons. The first-order chi connectivity index (χ1) is 12.8. The van der Waals surface area contributed by atoms with Gasteiger partial charge in [0.05, 0.1) is 6.20 Å². The first kappa shape index (κ1) is 19.3. The number of aliphatic imine (C=N–C) groups is 1. The molecular formula is C20H26F2N4O. The van der Waals surface area contributed by atoms with Crippen molar-refractivity contribution >= 4 is 5.96 Å². The van der Waals surface area contributed by atoms with E-state index < -0.39 is 11.6 Å². The van der Waals surface area contributed by atoms with Crippen molar-refractivity contribution in [3.8, 4) is 0 Å². The summed E-state index contributed by atoms with van der Waals surface area (Å²) in [5, 5.41) is 6.38. The average Bonchev–Trinajstić information content (AvgIpc) is 3.14. The Balaban J connectivity index is 1.65. The van der Waals surface area contributed by atoms with E-state index in [1.165, 1.54) is 18.2 Å². The lowest BCUT2D eigenvalue weighted by atomic mass is 9.94. The smallest absolute Gasteiger partial charge is 0.216 e. The Bertz CT molecular complexity index is 805. The van der Waals surface area contributed by atoms with Crippen molar-refractivity contribution in [2.45, 2.75) is 58.0 Å². The monoisotopic (exact) mass is 376 g/mol. The molecule has 0 saturated heterocycles. The summed E-state index contributed by atoms with van der Waals surface area (Å²) in [5.41, 5.74) is 0.0383. The van der Waals surface area contributed by atoms with E-state index in [-0.39, 0.29) is 29.5 Å². The quantitative estimate of drug-likeness (QED) is 0.614. The van der Waals surface area contributed by atoms with Gasteiger partial charge in [0, 0.05) is 29.5 Å². The minimum atomic E-state index is -0.499. The van der Waals surface area contributed by atoms with Crippen molar-refractivity contribution < 1.29 is 13.2 Å². The van der Waals surface area contributed by atoms with Gasteiger partial charge in [0.15, 0.2) is 5.96 Å². The van der Waals surface area contributed by atoms with Crippen LogP contribution in [0.15, 0.2) is 33.8 Å². The van der Waals surface area contributed by atoms with Crippen molar-refractivity contribution in [3.63, 3.8) is 0 Å². The Labute approximate surface area is 158 Å². The fourth-order valence-electron chi connectivity index (χ4n) is 2.91. The molecular weight excluding hydrogens is 350 g/mol. The van der Waals surface area contributed by atoms with Crippen LogP contribution in [0.2, 0.25) is 0 Å². The van der Waals surface area contributed by atoms with Crippen LogP contribution in [0.3, 0.4) is 0 Å². The highest BCUT2D eigenvalue weighted by atomic mass is 19.1. The highest BCUT2D eigenvalue weighted by Gasteiger charge is 2.42. The highest BCUT2D eigenvalue weighted by Crippen LogP contribution is 2.43. The SMILES string of the molecule is CCNC(=NCc1ncc(C(C)(C)C)o1)NC1CC1c1c(F)cccc1F. The Kier molecular flexibility index (Phi) is 5.48. The van der Waals surface area contributed by atoms with Crippen molar-refractivity contribution in [2.24, 2.45) is 4.99 Å². The summed E-state index contributed by atoms with van der Waals surface area (Å²) in [5.74, 6) is 0.732. The normalized spacial score (nSPS) is 19.9. The molecule has 2 N–H and O–H groups in total. The summed E-state index contributed by atoms with van der Waals surface area (Å²) in [6.45, 7) is 9.09. The highest BCUT2D eigenvalue weighted by molar-refractivity contribution is 5.80. The minimum absolute atomic E-state index is 0.0519. The number of oxazole rings is 1. The van der Waals surface area contributed by atoms with Gasteiger partial charge in [-0.25, -0.2) is 18.8 Å². The Hall–Kier alpha value is -2.44. The van der Waals surface area contributed by atoms with E-state index in [1.807, 2.05) is 6.92 Å². The number of nitrogens with one attached hydrogen (secondary N) is 2. The van der Waals surface area contributed by atoms with E-state index in [1.54, 1.807) is 6.20 Å². The molecule has 2 atom stereocenters. The molecule has 1 aromatic heterocycles. The van der Waals surface area contributed by atoms with Crippen LogP contribution in [0.1, 0.15) is 57.2 Å². The maximum atomic E-state index is 13.9. The number of halogens is 2. The number of hydrogen-bond acceptors (Lipinski definition) is 3. The van der Waals surface area contributed by atoms with Crippen molar-refractivity contribution in [1.82, 2.24) is 15.6 Å². The number of benzene rings is 1. The average molecular weight is 376 g/mol. The maximum absolute atomic E-state index is 13.9. The maximum Gasteiger partial charge on any atom is 0.216 e. The lowest BCUT2D eigenvalue weighted by Gasteiger charge is -2.13. The minimum Gasteiger partial charge on any atom is -0.443 e. The van der Waals surface area contributed by atoms with E-state index >= 15 is 0 Å². The molecule has 1 aromatic carbocycles. The lowest BCUT2D eigenvalue weighted by molar-refractivity contribution is 0.383. The molecule has 0 bridgehead atoms. The van der Waals surface area contributed by atoms with Gasteiger partial charge in [-0.1, -0.05) is 26.8 Å². The predicted octanol–water partition coefficient (Wildman–Crippen LogP) is 3.86. The number of hydrogen-bond donors (Lipinski definition) is 2. The molecule has 1 aliphatic rings. The van der Waals surface area contributed by atoms with Gasteiger partial charge in [-0.05, 0) is 25.5 Å². The third-order valence-corrected chi connectivity index (χ3v) is 4.49. The van der Waals surface area contributed by atoms with Gasteiger partial charge in [0.2, 0.25) is 5.89 Å². The van der Waals surface area contributed by atoms with Crippen LogP contribution in [-0.2, 0) is 12.0 Å². The number of nitrogens with zero attached hydrogens (tertiary/aromatic N) is 2. The molecule has 27 heavy (non-hydrogen) atoms. The fraction of sp³-hybridized carbons (Fsp3) is 0.500. The van der Waals surface area contributed by atoms with Crippen LogP contribution >= 0.6 is 0 Å². The van der Waals surface area contributed by atoms with Crippen molar-refractivity contribution in [2.75, 3.05) is 6.54 Å². The largest absolute Gasteiger partial charge is 0.443 e. The molecule has 2 aromatic rings. The van der Waals surface area contributed by atoms with Gasteiger partial charge in [0.25, 0.3) is 0 Å². The summed E-state index contributed by atoms with van der Waals surface area (Å²) in [6.07, 6.45) is 2.39. The molecule has 1 saturated carbocycles. The van der Waals surface area contributed by atoms with Gasteiger partial charge >= 0.3 is 0 Å². The van der Waals surface area contributed by atoms with E-state index in [2.05, 4.69) is 41.4 Å². The molecule has 0 amide bonds. The molecule has 3 rings (SSSR count). The molecule has 1 heterocycles. The van der Waals surface area contributed by atoms with Gasteiger partial charge in [-0.2, -0.15) is 0 Å². The third kappa shape index (κ3) is 4.64. The second-order valence-electron chi connectivity index (χ2n) is 7.79. The molecule has 7 heteroatoms. The van der Waals surface area contributed by atoms with Gasteiger partial charge in [-0.15, -0.1) is 0 Å². The Morgan fingerprint density at radius 3 is 2.59 bits per heavy atom. The van der Waals surface area contributed by atoms with Crippen LogP contribution < -0.4 is 10.6 Å². The molecule has 1 fully saturated rings. The third-order valence-electron chi connectivity index (χ3n) is 4.49. The summed E-state index contributed by atoms with van der Waals surface area (Å²) in [7, 11) is 0. The molecule has 0 aliphatic heterocycles. The second kappa shape index (κ2) is 7.66. The molecule has 0 spiro atoms. The van der Waals surface area contributed by atoms with Crippen molar-refractivity contribution in [3.05, 3.63) is 53.2 Å². The zero-order chi connectivity index (χ0) is 19.6. The number of guanidine groups is 1. The van der Waals surface area contributed by atoms with Gasteiger partial charge < -0.3 is 15.1 Å².